The Labute approximate surface area is 168 Å². The number of methoxy groups -OCH3 is 2. The summed E-state index contributed by atoms with van der Waals surface area (Å²) < 4.78 is 10.7. The van der Waals surface area contributed by atoms with Crippen LogP contribution in [0, 0.1) is 5.92 Å². The molecule has 3 heterocycles. The predicted octanol–water partition coefficient (Wildman–Crippen LogP) is 3.51. The lowest BCUT2D eigenvalue weighted by Crippen LogP contribution is -2.17. The number of hydrogen-bond donors (Lipinski definition) is 1. The number of dihydropyridines is 1. The minimum absolute atomic E-state index is 0.0194. The lowest BCUT2D eigenvalue weighted by Gasteiger charge is -2.15. The van der Waals surface area contributed by atoms with Gasteiger partial charge in [0, 0.05) is 41.9 Å². The molecule has 1 aliphatic heterocycles. The molecule has 1 N–H and O–H groups in total. The van der Waals surface area contributed by atoms with Crippen molar-refractivity contribution >= 4 is 28.8 Å². The molecule has 1 aromatic carbocycles. The zero-order valence-corrected chi connectivity index (χ0v) is 16.1. The summed E-state index contributed by atoms with van der Waals surface area (Å²) in [5, 5.41) is 4.29. The van der Waals surface area contributed by atoms with E-state index in [2.05, 4.69) is 15.3 Å². The van der Waals surface area contributed by atoms with Gasteiger partial charge in [0.05, 0.1) is 25.4 Å². The van der Waals surface area contributed by atoms with Crippen LogP contribution >= 0.6 is 0 Å². The summed E-state index contributed by atoms with van der Waals surface area (Å²) in [5.74, 6) is 1.80. The Morgan fingerprint density at radius 3 is 2.72 bits per heavy atom. The van der Waals surface area contributed by atoms with E-state index >= 15 is 0 Å². The van der Waals surface area contributed by atoms with Gasteiger partial charge in [0.2, 0.25) is 0 Å². The van der Waals surface area contributed by atoms with Crippen LogP contribution in [0.2, 0.25) is 0 Å². The van der Waals surface area contributed by atoms with Crippen molar-refractivity contribution in [2.45, 2.75) is 0 Å². The second-order valence-electron chi connectivity index (χ2n) is 6.52. The highest BCUT2D eigenvalue weighted by Gasteiger charge is 2.13. The van der Waals surface area contributed by atoms with E-state index in [9.17, 15) is 4.79 Å². The van der Waals surface area contributed by atoms with Crippen molar-refractivity contribution in [3.8, 4) is 22.8 Å². The van der Waals surface area contributed by atoms with Gasteiger partial charge in [0.1, 0.15) is 5.82 Å². The molecule has 29 heavy (non-hydrogen) atoms. The Hall–Kier alpha value is -3.74. The monoisotopic (exact) mass is 388 g/mol. The van der Waals surface area contributed by atoms with Crippen LogP contribution in [-0.4, -0.2) is 42.9 Å². The van der Waals surface area contributed by atoms with Gasteiger partial charge in [0.15, 0.2) is 11.5 Å². The van der Waals surface area contributed by atoms with Crippen molar-refractivity contribution < 1.29 is 14.3 Å². The van der Waals surface area contributed by atoms with Crippen LogP contribution in [0.4, 0.5) is 5.82 Å². The van der Waals surface area contributed by atoms with Crippen LogP contribution in [-0.2, 0) is 4.79 Å². The smallest absolute Gasteiger partial charge is 0.269 e. The number of benzene rings is 1. The molecule has 0 radical (unpaired) electrons. The number of fused-ring (bicyclic) bond motifs is 1. The first-order valence-corrected chi connectivity index (χ1v) is 9.16. The third kappa shape index (κ3) is 3.94. The van der Waals surface area contributed by atoms with E-state index in [0.717, 1.165) is 28.0 Å². The second-order valence-corrected chi connectivity index (χ2v) is 6.52. The third-order valence-corrected chi connectivity index (χ3v) is 4.66. The Morgan fingerprint density at radius 2 is 1.97 bits per heavy atom. The fourth-order valence-electron chi connectivity index (χ4n) is 3.16. The van der Waals surface area contributed by atoms with Crippen LogP contribution < -0.4 is 14.8 Å². The van der Waals surface area contributed by atoms with Gasteiger partial charge in [-0.05, 0) is 36.4 Å². The number of hydrogen-bond acceptors (Lipinski definition) is 6. The number of nitrogens with zero attached hydrogens (tertiary/aromatic N) is 3. The number of amides is 1. The molecule has 1 unspecified atom stereocenters. The molecule has 1 aliphatic rings. The molecule has 0 bridgehead atoms. The highest BCUT2D eigenvalue weighted by molar-refractivity contribution is 5.97. The fourth-order valence-corrected chi connectivity index (χ4v) is 3.16. The van der Waals surface area contributed by atoms with Crippen molar-refractivity contribution in [2.24, 2.45) is 10.9 Å². The zero-order chi connectivity index (χ0) is 20.2. The Balaban J connectivity index is 1.70. The molecule has 0 fully saturated rings. The number of rotatable bonds is 6. The molecule has 0 aliphatic carbocycles. The van der Waals surface area contributed by atoms with E-state index < -0.39 is 0 Å². The number of pyridine rings is 2. The van der Waals surface area contributed by atoms with Crippen LogP contribution in [0.15, 0.2) is 59.7 Å². The number of carbonyl (C=O) groups excluding carboxylic acids is 1. The summed E-state index contributed by atoms with van der Waals surface area (Å²) in [7, 11) is 3.21. The van der Waals surface area contributed by atoms with E-state index in [1.807, 2.05) is 42.5 Å². The second kappa shape index (κ2) is 8.10. The van der Waals surface area contributed by atoms with Gasteiger partial charge in [-0.1, -0.05) is 6.08 Å². The highest BCUT2D eigenvalue weighted by atomic mass is 16.5. The zero-order valence-electron chi connectivity index (χ0n) is 16.1. The van der Waals surface area contributed by atoms with Crippen LogP contribution in [0.5, 0.6) is 11.5 Å². The normalized spacial score (nSPS) is 15.5. The van der Waals surface area contributed by atoms with E-state index in [0.29, 0.717) is 18.0 Å². The number of aromatic nitrogens is 2. The van der Waals surface area contributed by atoms with Gasteiger partial charge < -0.3 is 14.8 Å². The number of carbonyl (C=O) groups is 1. The quantitative estimate of drug-likeness (QED) is 0.696. The fraction of sp³-hybridized carbons (Fsp3) is 0.182. The maximum absolute atomic E-state index is 11.2. The SMILES string of the molecule is COc1ccc(-c2cc3ncccc3c(NCC3C=CC(=O)N=C3)n2)cc1OC. The van der Waals surface area contributed by atoms with E-state index in [1.165, 1.54) is 6.08 Å². The Kier molecular flexibility index (Phi) is 5.20. The van der Waals surface area contributed by atoms with Crippen molar-refractivity contribution in [2.75, 3.05) is 26.1 Å². The average Bonchev–Trinajstić information content (AvgIpc) is 2.77. The molecule has 2 aromatic heterocycles. The van der Waals surface area contributed by atoms with Gasteiger partial charge in [-0.15, -0.1) is 0 Å². The van der Waals surface area contributed by atoms with Gasteiger partial charge in [-0.2, -0.15) is 0 Å². The van der Waals surface area contributed by atoms with Gasteiger partial charge in [-0.25, -0.2) is 9.98 Å². The molecule has 7 nitrogen and oxygen atoms in total. The molecule has 0 saturated carbocycles. The molecule has 3 aromatic rings. The number of anilines is 1. The minimum atomic E-state index is -0.232. The molecule has 0 spiro atoms. The first kappa shape index (κ1) is 18.6. The van der Waals surface area contributed by atoms with Gasteiger partial charge >= 0.3 is 0 Å². The lowest BCUT2D eigenvalue weighted by atomic mass is 10.1. The highest BCUT2D eigenvalue weighted by Crippen LogP contribution is 2.33. The van der Waals surface area contributed by atoms with Crippen LogP contribution in [0.1, 0.15) is 0 Å². The first-order chi connectivity index (χ1) is 14.2. The summed E-state index contributed by atoms with van der Waals surface area (Å²) in [4.78, 5) is 24.4. The molecule has 0 saturated heterocycles. The van der Waals surface area contributed by atoms with E-state index in [1.54, 1.807) is 26.6 Å². The topological polar surface area (TPSA) is 85.7 Å². The molecule has 1 amide bonds. The molecular weight excluding hydrogens is 368 g/mol. The molecular formula is C22H20N4O3. The number of nitrogens with one attached hydrogen (secondary N) is 1. The molecule has 4 rings (SSSR count). The standard InChI is InChI=1S/C22H20N4O3/c1-28-19-7-6-15(10-20(19)29-2)17-11-18-16(4-3-9-23-18)22(26-17)25-13-14-5-8-21(27)24-12-14/h3-12,14H,13H2,1-2H3,(H,25,26). The summed E-state index contributed by atoms with van der Waals surface area (Å²) in [6.07, 6.45) is 6.72. The summed E-state index contributed by atoms with van der Waals surface area (Å²) in [6.45, 7) is 0.569. The maximum Gasteiger partial charge on any atom is 0.269 e. The van der Waals surface area contributed by atoms with Crippen molar-refractivity contribution in [3.05, 3.63) is 54.7 Å². The van der Waals surface area contributed by atoms with Crippen molar-refractivity contribution in [1.82, 2.24) is 9.97 Å². The number of aliphatic imine (C=N–C) groups is 1. The molecule has 1 atom stereocenters. The van der Waals surface area contributed by atoms with Crippen molar-refractivity contribution in [1.29, 1.82) is 0 Å². The summed E-state index contributed by atoms with van der Waals surface area (Å²) in [6, 6.07) is 11.5. The summed E-state index contributed by atoms with van der Waals surface area (Å²) >= 11 is 0. The minimum Gasteiger partial charge on any atom is -0.493 e. The Morgan fingerprint density at radius 1 is 1.10 bits per heavy atom. The Bertz CT molecular complexity index is 1110. The summed E-state index contributed by atoms with van der Waals surface area (Å²) in [5.41, 5.74) is 2.49. The maximum atomic E-state index is 11.2. The van der Waals surface area contributed by atoms with E-state index in [4.69, 9.17) is 14.5 Å². The molecule has 146 valence electrons. The van der Waals surface area contributed by atoms with E-state index in [-0.39, 0.29) is 11.8 Å². The molecule has 7 heteroatoms. The third-order valence-electron chi connectivity index (χ3n) is 4.66. The van der Waals surface area contributed by atoms with Crippen molar-refractivity contribution in [3.63, 3.8) is 0 Å². The number of ether oxygens (including phenoxy) is 2. The predicted molar refractivity (Wildman–Crippen MR) is 113 cm³/mol. The largest absolute Gasteiger partial charge is 0.493 e. The van der Waals surface area contributed by atoms with Crippen LogP contribution in [0.3, 0.4) is 0 Å². The lowest BCUT2D eigenvalue weighted by molar-refractivity contribution is -0.113. The first-order valence-electron chi connectivity index (χ1n) is 9.16. The van der Waals surface area contributed by atoms with Gasteiger partial charge in [0.25, 0.3) is 5.91 Å². The van der Waals surface area contributed by atoms with Gasteiger partial charge in [-0.3, -0.25) is 9.78 Å². The van der Waals surface area contributed by atoms with Crippen LogP contribution in [0.25, 0.3) is 22.2 Å². The average molecular weight is 388 g/mol.